The molecule has 1 atom stereocenters. The summed E-state index contributed by atoms with van der Waals surface area (Å²) >= 11 is 1.77. The van der Waals surface area contributed by atoms with E-state index in [4.69, 9.17) is 0 Å². The number of aliphatic hydroxyl groups excluding tert-OH is 2. The minimum absolute atomic E-state index is 0.0734. The van der Waals surface area contributed by atoms with Crippen LogP contribution >= 0.6 is 11.3 Å². The molecule has 0 aromatic carbocycles. The van der Waals surface area contributed by atoms with E-state index in [0.29, 0.717) is 0 Å². The average Bonchev–Trinajstić information content (AvgIpc) is 2.57. The molecule has 16 heavy (non-hydrogen) atoms. The fourth-order valence-corrected chi connectivity index (χ4v) is 2.84. The van der Waals surface area contributed by atoms with Gasteiger partial charge in [-0.1, -0.05) is 0 Å². The van der Waals surface area contributed by atoms with Gasteiger partial charge >= 0.3 is 0 Å². The predicted molar refractivity (Wildman–Crippen MR) is 67.9 cm³/mol. The highest BCUT2D eigenvalue weighted by atomic mass is 32.1. The van der Waals surface area contributed by atoms with E-state index >= 15 is 0 Å². The van der Waals surface area contributed by atoms with Crippen LogP contribution in [0.3, 0.4) is 0 Å². The SMILES string of the molecule is Cc1cc(C(C)NC(C)(CO)CO)c(C)s1. The summed E-state index contributed by atoms with van der Waals surface area (Å²) in [5, 5.41) is 21.7. The van der Waals surface area contributed by atoms with Crippen molar-refractivity contribution in [2.75, 3.05) is 13.2 Å². The monoisotopic (exact) mass is 243 g/mol. The normalized spacial score (nSPS) is 14.1. The fraction of sp³-hybridized carbons (Fsp3) is 0.667. The van der Waals surface area contributed by atoms with Crippen LogP contribution in [0.1, 0.15) is 35.2 Å². The third-order valence-corrected chi connectivity index (χ3v) is 3.79. The first-order valence-electron chi connectivity index (χ1n) is 5.48. The van der Waals surface area contributed by atoms with E-state index in [9.17, 15) is 10.2 Å². The third kappa shape index (κ3) is 3.04. The minimum atomic E-state index is -0.623. The average molecular weight is 243 g/mol. The largest absolute Gasteiger partial charge is 0.394 e. The molecule has 1 aromatic rings. The van der Waals surface area contributed by atoms with E-state index in [1.165, 1.54) is 15.3 Å². The number of hydrogen-bond donors (Lipinski definition) is 3. The minimum Gasteiger partial charge on any atom is -0.394 e. The van der Waals surface area contributed by atoms with Crippen LogP contribution < -0.4 is 5.32 Å². The Morgan fingerprint density at radius 2 is 1.94 bits per heavy atom. The number of thiophene rings is 1. The van der Waals surface area contributed by atoms with Gasteiger partial charge in [0.05, 0.1) is 18.8 Å². The Bertz CT molecular complexity index is 345. The zero-order chi connectivity index (χ0) is 12.3. The number of nitrogens with one attached hydrogen (secondary N) is 1. The molecule has 0 aliphatic carbocycles. The zero-order valence-corrected chi connectivity index (χ0v) is 11.2. The zero-order valence-electron chi connectivity index (χ0n) is 10.4. The second-order valence-corrected chi connectivity index (χ2v) is 6.07. The maximum Gasteiger partial charge on any atom is 0.0633 e. The first kappa shape index (κ1) is 13.6. The molecular formula is C12H21NO2S. The van der Waals surface area contributed by atoms with E-state index in [1.54, 1.807) is 11.3 Å². The molecule has 3 nitrogen and oxygen atoms in total. The Labute approximate surface area is 101 Å². The lowest BCUT2D eigenvalue weighted by molar-refractivity contribution is 0.0957. The van der Waals surface area contributed by atoms with Crippen LogP contribution in [0.25, 0.3) is 0 Å². The summed E-state index contributed by atoms with van der Waals surface area (Å²) < 4.78 is 0. The van der Waals surface area contributed by atoms with Crippen molar-refractivity contribution in [3.05, 3.63) is 21.4 Å². The van der Waals surface area contributed by atoms with E-state index in [-0.39, 0.29) is 19.3 Å². The molecular weight excluding hydrogens is 222 g/mol. The van der Waals surface area contributed by atoms with E-state index in [2.05, 4.69) is 32.2 Å². The van der Waals surface area contributed by atoms with Gasteiger partial charge in [-0.05, 0) is 39.3 Å². The van der Waals surface area contributed by atoms with Crippen LogP contribution in [0, 0.1) is 13.8 Å². The number of aryl methyl sites for hydroxylation is 2. The Morgan fingerprint density at radius 1 is 1.38 bits per heavy atom. The Balaban J connectivity index is 2.79. The first-order valence-corrected chi connectivity index (χ1v) is 6.30. The number of aliphatic hydroxyl groups is 2. The lowest BCUT2D eigenvalue weighted by Crippen LogP contribution is -2.49. The van der Waals surface area contributed by atoms with Crippen LogP contribution in [0.2, 0.25) is 0 Å². The molecule has 0 aliphatic rings. The number of rotatable bonds is 5. The molecule has 1 aromatic heterocycles. The standard InChI is InChI=1S/C12H21NO2S/c1-8-5-11(10(3)16-8)9(2)13-12(4,6-14)7-15/h5,9,13-15H,6-7H2,1-4H3. The van der Waals surface area contributed by atoms with Crippen molar-refractivity contribution < 1.29 is 10.2 Å². The van der Waals surface area contributed by atoms with Gasteiger partial charge in [-0.3, -0.25) is 0 Å². The van der Waals surface area contributed by atoms with Crippen molar-refractivity contribution >= 4 is 11.3 Å². The van der Waals surface area contributed by atoms with Gasteiger partial charge < -0.3 is 15.5 Å². The highest BCUT2D eigenvalue weighted by Gasteiger charge is 2.25. The fourth-order valence-electron chi connectivity index (χ4n) is 1.82. The molecule has 0 aliphatic heterocycles. The van der Waals surface area contributed by atoms with Crippen LogP contribution in [0.4, 0.5) is 0 Å². The predicted octanol–water partition coefficient (Wildman–Crippen LogP) is 1.76. The second-order valence-electron chi connectivity index (χ2n) is 4.61. The molecule has 1 unspecified atom stereocenters. The highest BCUT2D eigenvalue weighted by molar-refractivity contribution is 7.12. The summed E-state index contributed by atoms with van der Waals surface area (Å²) in [6, 6.07) is 2.29. The van der Waals surface area contributed by atoms with Crippen LogP contribution in [0.5, 0.6) is 0 Å². The van der Waals surface area contributed by atoms with Gasteiger partial charge in [-0.25, -0.2) is 0 Å². The quantitative estimate of drug-likeness (QED) is 0.738. The molecule has 0 radical (unpaired) electrons. The molecule has 1 rings (SSSR count). The maximum atomic E-state index is 9.24. The van der Waals surface area contributed by atoms with Gasteiger partial charge in [-0.2, -0.15) is 0 Å². The first-order chi connectivity index (χ1) is 7.41. The molecule has 0 fully saturated rings. The van der Waals surface area contributed by atoms with Gasteiger partial charge in [0.15, 0.2) is 0 Å². The van der Waals surface area contributed by atoms with Crippen molar-refractivity contribution in [1.29, 1.82) is 0 Å². The van der Waals surface area contributed by atoms with Crippen molar-refractivity contribution in [3.8, 4) is 0 Å². The number of hydrogen-bond acceptors (Lipinski definition) is 4. The third-order valence-electron chi connectivity index (χ3n) is 2.81. The van der Waals surface area contributed by atoms with Gasteiger partial charge in [0.2, 0.25) is 0 Å². The smallest absolute Gasteiger partial charge is 0.0633 e. The van der Waals surface area contributed by atoms with Crippen LogP contribution in [-0.2, 0) is 0 Å². The Morgan fingerprint density at radius 3 is 2.31 bits per heavy atom. The summed E-state index contributed by atoms with van der Waals surface area (Å²) in [6.07, 6.45) is 0. The van der Waals surface area contributed by atoms with Gasteiger partial charge in [0.1, 0.15) is 0 Å². The van der Waals surface area contributed by atoms with Crippen LogP contribution in [0.15, 0.2) is 6.07 Å². The van der Waals surface area contributed by atoms with Crippen molar-refractivity contribution in [1.82, 2.24) is 5.32 Å². The van der Waals surface area contributed by atoms with Gasteiger partial charge in [0, 0.05) is 15.8 Å². The molecule has 1 heterocycles. The summed E-state index contributed by atoms with van der Waals surface area (Å²) in [7, 11) is 0. The molecule has 3 N–H and O–H groups in total. The summed E-state index contributed by atoms with van der Waals surface area (Å²) in [5.74, 6) is 0. The molecule has 0 saturated carbocycles. The molecule has 92 valence electrons. The Kier molecular flexibility index (Phi) is 4.50. The van der Waals surface area contributed by atoms with Gasteiger partial charge in [0.25, 0.3) is 0 Å². The van der Waals surface area contributed by atoms with Crippen molar-refractivity contribution in [2.45, 2.75) is 39.3 Å². The molecule has 0 spiro atoms. The topological polar surface area (TPSA) is 52.5 Å². The van der Waals surface area contributed by atoms with E-state index in [1.807, 2.05) is 6.92 Å². The Hall–Kier alpha value is -0.420. The van der Waals surface area contributed by atoms with E-state index in [0.717, 1.165) is 0 Å². The highest BCUT2D eigenvalue weighted by Crippen LogP contribution is 2.27. The van der Waals surface area contributed by atoms with Crippen LogP contribution in [-0.4, -0.2) is 29.0 Å². The second kappa shape index (κ2) is 5.27. The van der Waals surface area contributed by atoms with Crippen molar-refractivity contribution in [3.63, 3.8) is 0 Å². The van der Waals surface area contributed by atoms with Gasteiger partial charge in [-0.15, -0.1) is 11.3 Å². The maximum absolute atomic E-state index is 9.24. The van der Waals surface area contributed by atoms with E-state index < -0.39 is 5.54 Å². The molecule has 0 amide bonds. The molecule has 0 saturated heterocycles. The summed E-state index contributed by atoms with van der Waals surface area (Å²) in [5.41, 5.74) is 0.623. The van der Waals surface area contributed by atoms with Crippen molar-refractivity contribution in [2.24, 2.45) is 0 Å². The summed E-state index contributed by atoms with van der Waals surface area (Å²) in [6.45, 7) is 7.91. The lowest BCUT2D eigenvalue weighted by Gasteiger charge is -2.30. The molecule has 4 heteroatoms. The molecule has 0 bridgehead atoms. The lowest BCUT2D eigenvalue weighted by atomic mass is 10.0. The summed E-state index contributed by atoms with van der Waals surface area (Å²) in [4.78, 5) is 2.58.